The Balaban J connectivity index is 4.52. The summed E-state index contributed by atoms with van der Waals surface area (Å²) in [6, 6.07) is 0. The first-order chi connectivity index (χ1) is 6.95. The van der Waals surface area contributed by atoms with E-state index in [-0.39, 0.29) is 5.75 Å². The molecule has 3 nitrogen and oxygen atoms in total. The summed E-state index contributed by atoms with van der Waals surface area (Å²) in [5.41, 5.74) is -0.464. The van der Waals surface area contributed by atoms with E-state index in [0.29, 0.717) is 12.3 Å². The SMILES string of the molecule is CCCCS(=O)(=O)NC(CC)(CC)CCl. The molecule has 0 aromatic heterocycles. The van der Waals surface area contributed by atoms with Crippen molar-refractivity contribution in [1.29, 1.82) is 0 Å². The van der Waals surface area contributed by atoms with Gasteiger partial charge in [0.15, 0.2) is 0 Å². The molecular formula is C10H22ClNO2S. The van der Waals surface area contributed by atoms with E-state index in [2.05, 4.69) is 4.72 Å². The van der Waals surface area contributed by atoms with Crippen LogP contribution in [0.1, 0.15) is 46.5 Å². The second-order valence-electron chi connectivity index (χ2n) is 3.90. The van der Waals surface area contributed by atoms with Crippen LogP contribution in [-0.4, -0.2) is 25.6 Å². The summed E-state index contributed by atoms with van der Waals surface area (Å²) in [6.07, 6.45) is 3.02. The molecule has 0 aromatic carbocycles. The third-order valence-corrected chi connectivity index (χ3v) is 4.83. The molecule has 0 fully saturated rings. The topological polar surface area (TPSA) is 46.2 Å². The van der Waals surface area contributed by atoms with Gasteiger partial charge in [-0.25, -0.2) is 13.1 Å². The lowest BCUT2D eigenvalue weighted by Crippen LogP contribution is -2.49. The Bertz CT molecular complexity index is 252. The molecule has 0 aliphatic heterocycles. The van der Waals surface area contributed by atoms with Crippen LogP contribution in [0.4, 0.5) is 0 Å². The molecule has 0 aromatic rings. The van der Waals surface area contributed by atoms with Crippen LogP contribution < -0.4 is 4.72 Å². The third kappa shape index (κ3) is 5.18. The first kappa shape index (κ1) is 15.2. The van der Waals surface area contributed by atoms with Gasteiger partial charge in [0.1, 0.15) is 0 Å². The maximum absolute atomic E-state index is 11.7. The second-order valence-corrected chi connectivity index (χ2v) is 6.00. The van der Waals surface area contributed by atoms with Crippen molar-refractivity contribution in [2.24, 2.45) is 0 Å². The van der Waals surface area contributed by atoms with Gasteiger partial charge in [0.25, 0.3) is 0 Å². The number of halogens is 1. The lowest BCUT2D eigenvalue weighted by Gasteiger charge is -2.30. The van der Waals surface area contributed by atoms with E-state index in [1.54, 1.807) is 0 Å². The van der Waals surface area contributed by atoms with Gasteiger partial charge in [-0.3, -0.25) is 0 Å². The van der Waals surface area contributed by atoms with Gasteiger partial charge in [0.05, 0.1) is 5.75 Å². The van der Waals surface area contributed by atoms with E-state index in [4.69, 9.17) is 11.6 Å². The van der Waals surface area contributed by atoms with Crippen LogP contribution in [0.3, 0.4) is 0 Å². The van der Waals surface area contributed by atoms with Crippen molar-refractivity contribution in [1.82, 2.24) is 4.72 Å². The third-order valence-electron chi connectivity index (χ3n) is 2.75. The Morgan fingerprint density at radius 3 is 2.07 bits per heavy atom. The number of hydrogen-bond donors (Lipinski definition) is 1. The number of unbranched alkanes of at least 4 members (excludes halogenated alkanes) is 1. The molecule has 0 spiro atoms. The van der Waals surface area contributed by atoms with E-state index in [1.807, 2.05) is 20.8 Å². The average molecular weight is 256 g/mol. The fourth-order valence-electron chi connectivity index (χ4n) is 1.33. The highest BCUT2D eigenvalue weighted by molar-refractivity contribution is 7.89. The lowest BCUT2D eigenvalue weighted by atomic mass is 9.97. The van der Waals surface area contributed by atoms with Gasteiger partial charge < -0.3 is 0 Å². The summed E-state index contributed by atoms with van der Waals surface area (Å²) < 4.78 is 26.2. The highest BCUT2D eigenvalue weighted by Crippen LogP contribution is 2.18. The minimum atomic E-state index is -3.17. The van der Waals surface area contributed by atoms with Gasteiger partial charge in [-0.15, -0.1) is 11.6 Å². The molecule has 0 radical (unpaired) electrons. The molecule has 0 heterocycles. The van der Waals surface area contributed by atoms with Crippen LogP contribution in [0.15, 0.2) is 0 Å². The second kappa shape index (κ2) is 6.71. The highest BCUT2D eigenvalue weighted by Gasteiger charge is 2.29. The van der Waals surface area contributed by atoms with Crippen molar-refractivity contribution >= 4 is 21.6 Å². The van der Waals surface area contributed by atoms with Crippen LogP contribution in [-0.2, 0) is 10.0 Å². The zero-order valence-electron chi connectivity index (χ0n) is 9.85. The normalized spacial score (nSPS) is 13.1. The van der Waals surface area contributed by atoms with Crippen molar-refractivity contribution in [3.8, 4) is 0 Å². The Labute approximate surface area is 98.6 Å². The lowest BCUT2D eigenvalue weighted by molar-refractivity contribution is 0.393. The van der Waals surface area contributed by atoms with Crippen LogP contribution in [0.5, 0.6) is 0 Å². The Morgan fingerprint density at radius 1 is 1.20 bits per heavy atom. The van der Waals surface area contributed by atoms with Crippen LogP contribution in [0, 0.1) is 0 Å². The minimum Gasteiger partial charge on any atom is -0.212 e. The van der Waals surface area contributed by atoms with Gasteiger partial charge >= 0.3 is 0 Å². The molecule has 5 heteroatoms. The number of sulfonamides is 1. The summed E-state index contributed by atoms with van der Waals surface area (Å²) in [6.45, 7) is 5.88. The van der Waals surface area contributed by atoms with Crippen molar-refractivity contribution in [3.05, 3.63) is 0 Å². The predicted octanol–water partition coefficient (Wildman–Crippen LogP) is 2.50. The zero-order chi connectivity index (χ0) is 11.9. The van der Waals surface area contributed by atoms with Crippen LogP contribution >= 0.6 is 11.6 Å². The maximum Gasteiger partial charge on any atom is 0.212 e. The van der Waals surface area contributed by atoms with Gasteiger partial charge in [-0.05, 0) is 19.3 Å². The Hall–Kier alpha value is 0.200. The molecule has 1 N–H and O–H groups in total. The van der Waals surface area contributed by atoms with Crippen molar-refractivity contribution in [3.63, 3.8) is 0 Å². The minimum absolute atomic E-state index is 0.197. The summed E-state index contributed by atoms with van der Waals surface area (Å²) >= 11 is 5.84. The van der Waals surface area contributed by atoms with Gasteiger partial charge in [-0.2, -0.15) is 0 Å². The zero-order valence-corrected chi connectivity index (χ0v) is 11.4. The fourth-order valence-corrected chi connectivity index (χ4v) is 3.64. The molecule has 0 amide bonds. The number of rotatable bonds is 8. The van der Waals surface area contributed by atoms with Gasteiger partial charge in [0.2, 0.25) is 10.0 Å². The number of nitrogens with one attached hydrogen (secondary N) is 1. The largest absolute Gasteiger partial charge is 0.212 e. The van der Waals surface area contributed by atoms with Gasteiger partial charge in [0, 0.05) is 11.4 Å². The van der Waals surface area contributed by atoms with E-state index in [0.717, 1.165) is 19.3 Å². The molecule has 0 saturated heterocycles. The summed E-state index contributed by atoms with van der Waals surface area (Å²) in [4.78, 5) is 0. The highest BCUT2D eigenvalue weighted by atomic mass is 35.5. The van der Waals surface area contributed by atoms with Crippen molar-refractivity contribution in [2.75, 3.05) is 11.6 Å². The molecule has 0 saturated carbocycles. The molecule has 92 valence electrons. The van der Waals surface area contributed by atoms with Crippen molar-refractivity contribution in [2.45, 2.75) is 52.0 Å². The maximum atomic E-state index is 11.7. The van der Waals surface area contributed by atoms with Gasteiger partial charge in [-0.1, -0.05) is 27.2 Å². The van der Waals surface area contributed by atoms with Crippen LogP contribution in [0.2, 0.25) is 0 Å². The molecule has 0 aliphatic carbocycles. The first-order valence-electron chi connectivity index (χ1n) is 5.53. The number of alkyl halides is 1. The average Bonchev–Trinajstić information content (AvgIpc) is 2.23. The molecular weight excluding hydrogens is 234 g/mol. The molecule has 0 rings (SSSR count). The Kier molecular flexibility index (Phi) is 6.80. The molecule has 0 bridgehead atoms. The monoisotopic (exact) mass is 255 g/mol. The Morgan fingerprint density at radius 2 is 1.73 bits per heavy atom. The smallest absolute Gasteiger partial charge is 0.212 e. The standard InChI is InChI=1S/C10H22ClNO2S/c1-4-7-8-15(13,14)12-10(5-2,6-3)9-11/h12H,4-9H2,1-3H3. The molecule has 15 heavy (non-hydrogen) atoms. The molecule has 0 atom stereocenters. The van der Waals surface area contributed by atoms with Crippen molar-refractivity contribution < 1.29 is 8.42 Å². The fraction of sp³-hybridized carbons (Fsp3) is 1.00. The summed E-state index contributed by atoms with van der Waals surface area (Å²) in [7, 11) is -3.17. The molecule has 0 aliphatic rings. The summed E-state index contributed by atoms with van der Waals surface area (Å²) in [5, 5.41) is 0. The number of hydrogen-bond acceptors (Lipinski definition) is 2. The predicted molar refractivity (Wildman–Crippen MR) is 65.9 cm³/mol. The van der Waals surface area contributed by atoms with E-state index in [1.165, 1.54) is 0 Å². The van der Waals surface area contributed by atoms with Crippen LogP contribution in [0.25, 0.3) is 0 Å². The van der Waals surface area contributed by atoms with E-state index in [9.17, 15) is 8.42 Å². The van der Waals surface area contributed by atoms with E-state index >= 15 is 0 Å². The summed E-state index contributed by atoms with van der Waals surface area (Å²) in [5.74, 6) is 0.521. The first-order valence-corrected chi connectivity index (χ1v) is 7.71. The molecule has 0 unspecified atom stereocenters. The quantitative estimate of drug-likeness (QED) is 0.678. The van der Waals surface area contributed by atoms with E-state index < -0.39 is 15.6 Å².